The Morgan fingerprint density at radius 2 is 1.84 bits per heavy atom. The summed E-state index contributed by atoms with van der Waals surface area (Å²) in [5, 5.41) is 14.5. The van der Waals surface area contributed by atoms with Crippen LogP contribution in [0.5, 0.6) is 0 Å². The molecule has 0 unspecified atom stereocenters. The summed E-state index contributed by atoms with van der Waals surface area (Å²) in [7, 11) is 0. The highest BCUT2D eigenvalue weighted by atomic mass is 16.6. The number of nitro groups is 1. The lowest BCUT2D eigenvalue weighted by Gasteiger charge is -2.01. The molecule has 0 fully saturated rings. The fourth-order valence-corrected chi connectivity index (χ4v) is 2.20. The Hall–Kier alpha value is -3.68. The lowest BCUT2D eigenvalue weighted by Crippen LogP contribution is -2.19. The number of benzene rings is 2. The highest BCUT2D eigenvalue weighted by Crippen LogP contribution is 2.12. The van der Waals surface area contributed by atoms with Crippen molar-refractivity contribution in [2.45, 2.75) is 6.42 Å². The Kier molecular flexibility index (Phi) is 4.70. The molecular formula is C17H13N5O3. The summed E-state index contributed by atoms with van der Waals surface area (Å²) in [5.74, 6) is -0.314. The molecule has 1 N–H and O–H groups in total. The van der Waals surface area contributed by atoms with E-state index in [1.807, 2.05) is 18.2 Å². The van der Waals surface area contributed by atoms with E-state index in [2.05, 4.69) is 20.5 Å². The summed E-state index contributed by atoms with van der Waals surface area (Å²) in [6.45, 7) is 0. The molecule has 0 atom stereocenters. The van der Waals surface area contributed by atoms with E-state index < -0.39 is 4.92 Å². The SMILES string of the molecule is O=C(Cc1ccc([N+](=O)[O-])cc1)N/N=C\c1ccc2nccnc2c1. The maximum atomic E-state index is 11.9. The predicted octanol–water partition coefficient (Wildman–Crippen LogP) is 2.23. The Bertz CT molecular complexity index is 954. The van der Waals surface area contributed by atoms with Gasteiger partial charge in [0.15, 0.2) is 0 Å². The molecule has 0 aliphatic rings. The largest absolute Gasteiger partial charge is 0.273 e. The monoisotopic (exact) mass is 335 g/mol. The zero-order valence-corrected chi connectivity index (χ0v) is 13.0. The first-order valence-corrected chi connectivity index (χ1v) is 7.38. The van der Waals surface area contributed by atoms with Crippen LogP contribution in [0.15, 0.2) is 60.0 Å². The fraction of sp³-hybridized carbons (Fsp3) is 0.0588. The van der Waals surface area contributed by atoms with Crippen LogP contribution < -0.4 is 5.43 Å². The second-order valence-corrected chi connectivity index (χ2v) is 5.20. The van der Waals surface area contributed by atoms with Gasteiger partial charge in [-0.2, -0.15) is 5.10 Å². The van der Waals surface area contributed by atoms with Gasteiger partial charge in [0.1, 0.15) is 0 Å². The van der Waals surface area contributed by atoms with Gasteiger partial charge in [0, 0.05) is 24.5 Å². The summed E-state index contributed by atoms with van der Waals surface area (Å²) in [5.41, 5.74) is 5.38. The number of hydrogen-bond acceptors (Lipinski definition) is 6. The van der Waals surface area contributed by atoms with E-state index in [0.717, 1.165) is 16.6 Å². The van der Waals surface area contributed by atoms with Crippen molar-refractivity contribution in [2.75, 3.05) is 0 Å². The van der Waals surface area contributed by atoms with Crippen molar-refractivity contribution in [2.24, 2.45) is 5.10 Å². The second-order valence-electron chi connectivity index (χ2n) is 5.20. The van der Waals surface area contributed by atoms with E-state index >= 15 is 0 Å². The number of nitrogens with zero attached hydrogens (tertiary/aromatic N) is 4. The first-order chi connectivity index (χ1) is 12.1. The first kappa shape index (κ1) is 16.2. The second kappa shape index (κ2) is 7.26. The van der Waals surface area contributed by atoms with Gasteiger partial charge in [-0.15, -0.1) is 0 Å². The number of rotatable bonds is 5. The average Bonchev–Trinajstić information content (AvgIpc) is 2.62. The fourth-order valence-electron chi connectivity index (χ4n) is 2.20. The molecule has 2 aromatic carbocycles. The average molecular weight is 335 g/mol. The number of nitro benzene ring substituents is 1. The van der Waals surface area contributed by atoms with Crippen LogP contribution in [0.25, 0.3) is 11.0 Å². The molecule has 0 bridgehead atoms. The number of aromatic nitrogens is 2. The molecule has 3 aromatic rings. The molecular weight excluding hydrogens is 322 g/mol. The Morgan fingerprint density at radius 1 is 1.12 bits per heavy atom. The number of nitrogens with one attached hydrogen (secondary N) is 1. The van der Waals surface area contributed by atoms with E-state index in [1.54, 1.807) is 24.5 Å². The number of hydrogen-bond donors (Lipinski definition) is 1. The quantitative estimate of drug-likeness (QED) is 0.437. The molecule has 0 aliphatic heterocycles. The third-order valence-corrected chi connectivity index (χ3v) is 3.41. The number of non-ortho nitro benzene ring substituents is 1. The van der Waals surface area contributed by atoms with Crippen LogP contribution in [0, 0.1) is 10.1 Å². The number of amides is 1. The molecule has 0 spiro atoms. The van der Waals surface area contributed by atoms with Gasteiger partial charge in [0.05, 0.1) is 28.6 Å². The van der Waals surface area contributed by atoms with Gasteiger partial charge in [-0.3, -0.25) is 24.9 Å². The van der Waals surface area contributed by atoms with E-state index in [9.17, 15) is 14.9 Å². The molecule has 124 valence electrons. The van der Waals surface area contributed by atoms with Gasteiger partial charge in [-0.1, -0.05) is 18.2 Å². The summed E-state index contributed by atoms with van der Waals surface area (Å²) < 4.78 is 0. The van der Waals surface area contributed by atoms with Crippen molar-refractivity contribution in [3.05, 3.63) is 76.1 Å². The molecule has 0 aliphatic carbocycles. The van der Waals surface area contributed by atoms with Gasteiger partial charge in [0.2, 0.25) is 5.91 Å². The molecule has 0 saturated heterocycles. The van der Waals surface area contributed by atoms with Crippen LogP contribution in [-0.4, -0.2) is 27.0 Å². The molecule has 0 saturated carbocycles. The highest BCUT2D eigenvalue weighted by molar-refractivity contribution is 5.87. The van der Waals surface area contributed by atoms with Crippen LogP contribution in [0.3, 0.4) is 0 Å². The van der Waals surface area contributed by atoms with Gasteiger partial charge < -0.3 is 0 Å². The van der Waals surface area contributed by atoms with Crippen LogP contribution in [-0.2, 0) is 11.2 Å². The standard InChI is InChI=1S/C17H13N5O3/c23-17(10-12-1-4-14(5-2-12)22(24)25)21-20-11-13-3-6-15-16(9-13)19-8-7-18-15/h1-9,11H,10H2,(H,21,23)/b20-11-. The maximum absolute atomic E-state index is 11.9. The molecule has 25 heavy (non-hydrogen) atoms. The summed E-state index contributed by atoms with van der Waals surface area (Å²) in [4.78, 5) is 30.3. The molecule has 1 heterocycles. The molecule has 1 amide bonds. The van der Waals surface area contributed by atoms with Crippen molar-refractivity contribution in [3.63, 3.8) is 0 Å². The number of carbonyl (C=O) groups is 1. The maximum Gasteiger partial charge on any atom is 0.269 e. The minimum atomic E-state index is -0.484. The number of carbonyl (C=O) groups excluding carboxylic acids is 1. The molecule has 3 rings (SSSR count). The normalized spacial score (nSPS) is 10.9. The number of fused-ring (bicyclic) bond motifs is 1. The van der Waals surface area contributed by atoms with Crippen LogP contribution in [0.2, 0.25) is 0 Å². The first-order valence-electron chi connectivity index (χ1n) is 7.38. The van der Waals surface area contributed by atoms with Crippen LogP contribution >= 0.6 is 0 Å². The highest BCUT2D eigenvalue weighted by Gasteiger charge is 2.06. The third kappa shape index (κ3) is 4.20. The molecule has 0 radical (unpaired) electrons. The van der Waals surface area contributed by atoms with Crippen molar-refractivity contribution in [1.29, 1.82) is 0 Å². The minimum absolute atomic E-state index is 0.0124. The summed E-state index contributed by atoms with van der Waals surface area (Å²) >= 11 is 0. The van der Waals surface area contributed by atoms with Crippen LogP contribution in [0.4, 0.5) is 5.69 Å². The predicted molar refractivity (Wildman–Crippen MR) is 92.1 cm³/mol. The van der Waals surface area contributed by atoms with E-state index in [0.29, 0.717) is 5.56 Å². The van der Waals surface area contributed by atoms with Gasteiger partial charge >= 0.3 is 0 Å². The smallest absolute Gasteiger partial charge is 0.269 e. The Labute approximate surface area is 142 Å². The van der Waals surface area contributed by atoms with Gasteiger partial charge in [0.25, 0.3) is 5.69 Å². The Balaban J connectivity index is 1.59. The molecule has 8 nitrogen and oxygen atoms in total. The van der Waals surface area contributed by atoms with E-state index in [1.165, 1.54) is 18.3 Å². The Morgan fingerprint density at radius 3 is 2.56 bits per heavy atom. The van der Waals surface area contributed by atoms with E-state index in [-0.39, 0.29) is 18.0 Å². The zero-order valence-electron chi connectivity index (χ0n) is 13.0. The van der Waals surface area contributed by atoms with Crippen molar-refractivity contribution >= 4 is 28.8 Å². The molecule has 8 heteroatoms. The lowest BCUT2D eigenvalue weighted by molar-refractivity contribution is -0.384. The topological polar surface area (TPSA) is 110 Å². The van der Waals surface area contributed by atoms with Crippen molar-refractivity contribution in [3.8, 4) is 0 Å². The van der Waals surface area contributed by atoms with E-state index in [4.69, 9.17) is 0 Å². The van der Waals surface area contributed by atoms with Crippen molar-refractivity contribution in [1.82, 2.24) is 15.4 Å². The third-order valence-electron chi connectivity index (χ3n) is 3.41. The van der Waals surface area contributed by atoms with Gasteiger partial charge in [-0.05, 0) is 23.3 Å². The minimum Gasteiger partial charge on any atom is -0.273 e. The van der Waals surface area contributed by atoms with Crippen molar-refractivity contribution < 1.29 is 9.72 Å². The van der Waals surface area contributed by atoms with Crippen LogP contribution in [0.1, 0.15) is 11.1 Å². The molecule has 1 aromatic heterocycles. The summed E-state index contributed by atoms with van der Waals surface area (Å²) in [6.07, 6.45) is 4.82. The van der Waals surface area contributed by atoms with Gasteiger partial charge in [-0.25, -0.2) is 5.43 Å². The number of hydrazone groups is 1. The lowest BCUT2D eigenvalue weighted by atomic mass is 10.1. The zero-order chi connectivity index (χ0) is 17.6. The summed E-state index contributed by atoms with van der Waals surface area (Å²) in [6, 6.07) is 11.3.